The van der Waals surface area contributed by atoms with Crippen molar-refractivity contribution in [3.63, 3.8) is 0 Å². The van der Waals surface area contributed by atoms with Gasteiger partial charge in [-0.05, 0) is 81.1 Å². The molecule has 1 unspecified atom stereocenters. The van der Waals surface area contributed by atoms with Crippen LogP contribution >= 0.6 is 12.2 Å². The lowest BCUT2D eigenvalue weighted by Crippen LogP contribution is -2.24. The van der Waals surface area contributed by atoms with Gasteiger partial charge in [0, 0.05) is 11.1 Å². The zero-order chi connectivity index (χ0) is 20.8. The molecule has 1 aromatic rings. The smallest absolute Gasteiger partial charge is 0.153 e. The maximum atomic E-state index is 14.0. The van der Waals surface area contributed by atoms with E-state index in [0.29, 0.717) is 5.56 Å². The second kappa shape index (κ2) is 10.3. The fourth-order valence-electron chi connectivity index (χ4n) is 5.03. The largest absolute Gasteiger partial charge is 0.204 e. The summed E-state index contributed by atoms with van der Waals surface area (Å²) in [4.78, 5) is 3.43. The first kappa shape index (κ1) is 21.9. The van der Waals surface area contributed by atoms with Gasteiger partial charge in [0.05, 0.1) is 5.16 Å². The van der Waals surface area contributed by atoms with Crippen LogP contribution in [0.1, 0.15) is 77.2 Å². The maximum absolute atomic E-state index is 14.0. The number of hydrogen-bond donors (Lipinski definition) is 0. The summed E-state index contributed by atoms with van der Waals surface area (Å²) in [6.07, 6.45) is 11.5. The van der Waals surface area contributed by atoms with E-state index in [9.17, 15) is 8.78 Å². The van der Waals surface area contributed by atoms with Crippen molar-refractivity contribution < 1.29 is 8.78 Å². The minimum Gasteiger partial charge on any atom is -0.204 e. The molecule has 2 aliphatic carbocycles. The molecule has 0 aliphatic heterocycles. The molecule has 0 heterocycles. The number of isothiocyanates is 1. The summed E-state index contributed by atoms with van der Waals surface area (Å²) in [7, 11) is 0. The van der Waals surface area contributed by atoms with Crippen molar-refractivity contribution in [2.75, 3.05) is 0 Å². The number of thiocarbonyl (C=S) groups is 1. The van der Waals surface area contributed by atoms with Gasteiger partial charge in [0.25, 0.3) is 0 Å². The van der Waals surface area contributed by atoms with E-state index in [2.05, 4.69) is 42.9 Å². The van der Waals surface area contributed by atoms with Crippen LogP contribution in [0.15, 0.2) is 28.3 Å². The van der Waals surface area contributed by atoms with E-state index >= 15 is 0 Å². The van der Waals surface area contributed by atoms with Gasteiger partial charge in [0.2, 0.25) is 0 Å². The third kappa shape index (κ3) is 5.62. The number of benzene rings is 1. The van der Waals surface area contributed by atoms with Gasteiger partial charge < -0.3 is 0 Å². The first-order valence-corrected chi connectivity index (χ1v) is 11.2. The van der Waals surface area contributed by atoms with Crippen molar-refractivity contribution in [1.82, 2.24) is 0 Å². The second-order valence-electron chi connectivity index (χ2n) is 8.57. The summed E-state index contributed by atoms with van der Waals surface area (Å²) in [6, 6.07) is 2.41. The molecule has 1 atom stereocenters. The van der Waals surface area contributed by atoms with Crippen molar-refractivity contribution in [2.24, 2.45) is 22.7 Å². The summed E-state index contributed by atoms with van der Waals surface area (Å²) >= 11 is 4.43. The zero-order valence-electron chi connectivity index (χ0n) is 17.4. The van der Waals surface area contributed by atoms with Gasteiger partial charge in [-0.3, -0.25) is 0 Å². The van der Waals surface area contributed by atoms with Gasteiger partial charge >= 0.3 is 0 Å². The molecule has 1 fully saturated rings. The third-order valence-corrected chi connectivity index (χ3v) is 6.73. The molecule has 0 bridgehead atoms. The Bertz CT molecular complexity index is 855. The summed E-state index contributed by atoms with van der Waals surface area (Å²) in [5, 5.41) is 2.00. The van der Waals surface area contributed by atoms with Crippen LogP contribution in [0.3, 0.4) is 0 Å². The number of aliphatic imine (C=N–C) groups is 1. The predicted octanol–water partition coefficient (Wildman–Crippen LogP) is 7.77. The van der Waals surface area contributed by atoms with E-state index in [4.69, 9.17) is 0 Å². The molecular weight excluding hydrogens is 384 g/mol. The second-order valence-corrected chi connectivity index (χ2v) is 8.76. The average Bonchev–Trinajstić information content (AvgIpc) is 2.70. The van der Waals surface area contributed by atoms with Crippen LogP contribution in [-0.4, -0.2) is 5.16 Å². The molecule has 0 saturated heterocycles. The lowest BCUT2D eigenvalue weighted by Gasteiger charge is -2.36. The lowest BCUT2D eigenvalue weighted by molar-refractivity contribution is 0.184. The van der Waals surface area contributed by atoms with Gasteiger partial charge in [-0.15, -0.1) is 0 Å². The number of hydrogen-bond acceptors (Lipinski definition) is 2. The van der Waals surface area contributed by atoms with Gasteiger partial charge in [-0.25, -0.2) is 8.78 Å². The molecular formula is C25H29F2NS. The SMILES string of the molecule is CCCC1CCC(C2CCC(C#Cc3cc(F)c(N=C=S)c(F)c3)=C(C)C2)CC1. The van der Waals surface area contributed by atoms with Crippen LogP contribution in [0, 0.1) is 41.2 Å². The van der Waals surface area contributed by atoms with Crippen LogP contribution in [0.5, 0.6) is 0 Å². The van der Waals surface area contributed by atoms with Gasteiger partial charge in [-0.1, -0.05) is 50.0 Å². The van der Waals surface area contributed by atoms with Gasteiger partial charge in [0.1, 0.15) is 5.69 Å². The van der Waals surface area contributed by atoms with E-state index < -0.39 is 17.3 Å². The van der Waals surface area contributed by atoms with E-state index in [-0.39, 0.29) is 0 Å². The van der Waals surface area contributed by atoms with E-state index in [0.717, 1.165) is 36.2 Å². The van der Waals surface area contributed by atoms with Crippen LogP contribution in [0.2, 0.25) is 0 Å². The van der Waals surface area contributed by atoms with Crippen LogP contribution in [0.4, 0.5) is 14.5 Å². The zero-order valence-corrected chi connectivity index (χ0v) is 18.2. The minimum atomic E-state index is -0.764. The molecule has 0 N–H and O–H groups in total. The minimum absolute atomic E-state index is 0.319. The number of rotatable bonds is 4. The summed E-state index contributed by atoms with van der Waals surface area (Å²) < 4.78 is 27.9. The summed E-state index contributed by atoms with van der Waals surface area (Å²) in [5.41, 5.74) is 2.38. The van der Waals surface area contributed by atoms with Crippen molar-refractivity contribution in [3.05, 3.63) is 40.5 Å². The van der Waals surface area contributed by atoms with Gasteiger partial charge in [-0.2, -0.15) is 4.99 Å². The topological polar surface area (TPSA) is 12.4 Å². The first-order chi connectivity index (χ1) is 14.0. The van der Waals surface area contributed by atoms with Crippen LogP contribution in [0.25, 0.3) is 0 Å². The third-order valence-electron chi connectivity index (χ3n) is 6.64. The Hall–Kier alpha value is -1.82. The molecule has 0 aromatic heterocycles. The highest BCUT2D eigenvalue weighted by Gasteiger charge is 2.29. The first-order valence-electron chi connectivity index (χ1n) is 10.8. The van der Waals surface area contributed by atoms with Gasteiger partial charge in [0.15, 0.2) is 11.6 Å². The Labute approximate surface area is 178 Å². The fourth-order valence-corrected chi connectivity index (χ4v) is 5.12. The van der Waals surface area contributed by atoms with Crippen molar-refractivity contribution in [2.45, 2.75) is 71.6 Å². The highest BCUT2D eigenvalue weighted by Crippen LogP contribution is 2.42. The fraction of sp³-hybridized carbons (Fsp3) is 0.560. The standard InChI is InChI=1S/C25H29F2NS/c1-3-4-18-5-9-21(10-6-18)22-12-11-20(17(2)13-22)8-7-19-14-23(26)25(28-16-29)24(27)15-19/h14-15,18,21-22H,3-6,9-13H2,1-2H3. The molecule has 2 aliphatic rings. The molecule has 154 valence electrons. The molecule has 0 spiro atoms. The molecule has 1 saturated carbocycles. The quantitative estimate of drug-likeness (QED) is 0.279. The van der Waals surface area contributed by atoms with E-state index in [1.807, 2.05) is 5.16 Å². The molecule has 29 heavy (non-hydrogen) atoms. The molecule has 0 amide bonds. The maximum Gasteiger partial charge on any atom is 0.153 e. The molecule has 4 heteroatoms. The Balaban J connectivity index is 1.65. The normalized spacial score (nSPS) is 24.5. The highest BCUT2D eigenvalue weighted by molar-refractivity contribution is 7.78. The van der Waals surface area contributed by atoms with E-state index in [1.165, 1.54) is 62.7 Å². The number of allylic oxidation sites excluding steroid dienone is 2. The van der Waals surface area contributed by atoms with Crippen LogP contribution in [-0.2, 0) is 0 Å². The number of nitrogens with zero attached hydrogens (tertiary/aromatic N) is 1. The van der Waals surface area contributed by atoms with Crippen molar-refractivity contribution in [1.29, 1.82) is 0 Å². The average molecular weight is 414 g/mol. The molecule has 0 radical (unpaired) electrons. The Morgan fingerprint density at radius 2 is 1.72 bits per heavy atom. The van der Waals surface area contributed by atoms with Crippen LogP contribution < -0.4 is 0 Å². The highest BCUT2D eigenvalue weighted by atomic mass is 32.1. The Morgan fingerprint density at radius 3 is 2.31 bits per heavy atom. The summed E-state index contributed by atoms with van der Waals surface area (Å²) in [5.74, 6) is 7.14. The Kier molecular flexibility index (Phi) is 7.76. The predicted molar refractivity (Wildman–Crippen MR) is 118 cm³/mol. The summed E-state index contributed by atoms with van der Waals surface area (Å²) in [6.45, 7) is 4.45. The number of halogens is 2. The molecule has 1 nitrogen and oxygen atoms in total. The van der Waals surface area contributed by atoms with Crippen molar-refractivity contribution in [3.8, 4) is 11.8 Å². The monoisotopic (exact) mass is 413 g/mol. The molecule has 3 rings (SSSR count). The Morgan fingerprint density at radius 1 is 1.03 bits per heavy atom. The van der Waals surface area contributed by atoms with E-state index in [1.54, 1.807) is 0 Å². The van der Waals surface area contributed by atoms with Crippen molar-refractivity contribution >= 4 is 23.1 Å². The lowest BCUT2D eigenvalue weighted by atomic mass is 9.69. The molecule has 1 aromatic carbocycles.